The Kier molecular flexibility index (Phi) is 5.11. The fourth-order valence-electron chi connectivity index (χ4n) is 1.94. The van der Waals surface area contributed by atoms with Crippen molar-refractivity contribution in [3.8, 4) is 6.07 Å². The van der Waals surface area contributed by atoms with Crippen LogP contribution in [0.5, 0.6) is 0 Å². The number of carboxylic acids is 1. The SMILES string of the molecule is CC(C)(C)c1ccc(CC(C#N)CCC(=O)O)cc1. The first-order valence-corrected chi connectivity index (χ1v) is 6.53. The zero-order valence-electron chi connectivity index (χ0n) is 11.8. The summed E-state index contributed by atoms with van der Waals surface area (Å²) in [5.41, 5.74) is 2.47. The molecule has 0 heterocycles. The van der Waals surface area contributed by atoms with Crippen LogP contribution in [-0.2, 0) is 16.6 Å². The maximum Gasteiger partial charge on any atom is 0.303 e. The second kappa shape index (κ2) is 6.38. The average molecular weight is 259 g/mol. The van der Waals surface area contributed by atoms with Gasteiger partial charge >= 0.3 is 5.97 Å². The number of nitriles is 1. The number of hydrogen-bond acceptors (Lipinski definition) is 2. The van der Waals surface area contributed by atoms with Crippen LogP contribution < -0.4 is 0 Å². The Balaban J connectivity index is 2.66. The van der Waals surface area contributed by atoms with E-state index in [1.165, 1.54) is 5.56 Å². The van der Waals surface area contributed by atoms with Gasteiger partial charge in [-0.3, -0.25) is 4.79 Å². The fourth-order valence-corrected chi connectivity index (χ4v) is 1.94. The van der Waals surface area contributed by atoms with Crippen molar-refractivity contribution in [1.29, 1.82) is 5.26 Å². The zero-order valence-corrected chi connectivity index (χ0v) is 11.8. The summed E-state index contributed by atoms with van der Waals surface area (Å²) in [7, 11) is 0. The van der Waals surface area contributed by atoms with Crippen LogP contribution in [0.3, 0.4) is 0 Å². The fraction of sp³-hybridized carbons (Fsp3) is 0.500. The molecule has 1 aromatic carbocycles. The third-order valence-electron chi connectivity index (χ3n) is 3.19. The van der Waals surface area contributed by atoms with Gasteiger partial charge in [0.25, 0.3) is 0 Å². The second-order valence-electron chi connectivity index (χ2n) is 5.91. The van der Waals surface area contributed by atoms with E-state index in [4.69, 9.17) is 10.4 Å². The molecule has 1 rings (SSSR count). The summed E-state index contributed by atoms with van der Waals surface area (Å²) in [5.74, 6) is -1.07. The van der Waals surface area contributed by atoms with Gasteiger partial charge in [0.05, 0.1) is 12.0 Å². The van der Waals surface area contributed by atoms with Crippen LogP contribution in [0.25, 0.3) is 0 Å². The Labute approximate surface area is 114 Å². The molecule has 0 radical (unpaired) electrons. The van der Waals surface area contributed by atoms with Crippen molar-refractivity contribution >= 4 is 5.97 Å². The molecule has 0 aromatic heterocycles. The molecular formula is C16H21NO2. The molecule has 1 aromatic rings. The molecule has 0 aliphatic heterocycles. The minimum absolute atomic E-state index is 0.0539. The molecule has 19 heavy (non-hydrogen) atoms. The van der Waals surface area contributed by atoms with Gasteiger partial charge in [0.15, 0.2) is 0 Å². The van der Waals surface area contributed by atoms with Crippen LogP contribution in [-0.4, -0.2) is 11.1 Å². The lowest BCUT2D eigenvalue weighted by Crippen LogP contribution is -2.11. The first kappa shape index (κ1) is 15.2. The molecule has 3 nitrogen and oxygen atoms in total. The molecular weight excluding hydrogens is 238 g/mol. The normalized spacial score (nSPS) is 12.7. The molecule has 1 atom stereocenters. The third kappa shape index (κ3) is 5.13. The standard InChI is InChI=1S/C16H21NO2/c1-16(2,3)14-7-4-12(5-8-14)10-13(11-17)6-9-15(18)19/h4-5,7-8,13H,6,9-10H2,1-3H3,(H,18,19). The smallest absolute Gasteiger partial charge is 0.303 e. The number of aliphatic carboxylic acids is 1. The summed E-state index contributed by atoms with van der Waals surface area (Å²) in [5, 5.41) is 17.7. The van der Waals surface area contributed by atoms with Crippen molar-refractivity contribution in [1.82, 2.24) is 0 Å². The predicted octanol–water partition coefficient (Wildman–Crippen LogP) is 3.53. The number of nitrogens with zero attached hydrogens (tertiary/aromatic N) is 1. The number of carboxylic acid groups (broad SMARTS) is 1. The monoisotopic (exact) mass is 259 g/mol. The van der Waals surface area contributed by atoms with E-state index in [1.54, 1.807) is 0 Å². The zero-order chi connectivity index (χ0) is 14.5. The van der Waals surface area contributed by atoms with Gasteiger partial charge in [-0.1, -0.05) is 45.0 Å². The van der Waals surface area contributed by atoms with Crippen LogP contribution in [0.15, 0.2) is 24.3 Å². The summed E-state index contributed by atoms with van der Waals surface area (Å²) in [6.45, 7) is 6.48. The van der Waals surface area contributed by atoms with Crippen LogP contribution in [0.2, 0.25) is 0 Å². The minimum Gasteiger partial charge on any atom is -0.481 e. The minimum atomic E-state index is -0.844. The van der Waals surface area contributed by atoms with Gasteiger partial charge in [0.1, 0.15) is 0 Å². The highest BCUT2D eigenvalue weighted by molar-refractivity contribution is 5.66. The molecule has 0 saturated heterocycles. The van der Waals surface area contributed by atoms with Crippen LogP contribution in [0, 0.1) is 17.2 Å². The van der Waals surface area contributed by atoms with Gasteiger partial charge in [0.2, 0.25) is 0 Å². The Bertz CT molecular complexity index is 463. The van der Waals surface area contributed by atoms with Crippen molar-refractivity contribution in [2.45, 2.75) is 45.4 Å². The molecule has 0 amide bonds. The van der Waals surface area contributed by atoms with Crippen molar-refractivity contribution in [2.24, 2.45) is 5.92 Å². The summed E-state index contributed by atoms with van der Waals surface area (Å²) >= 11 is 0. The van der Waals surface area contributed by atoms with Crippen molar-refractivity contribution in [2.75, 3.05) is 0 Å². The van der Waals surface area contributed by atoms with Crippen LogP contribution in [0.1, 0.15) is 44.7 Å². The highest BCUT2D eigenvalue weighted by atomic mass is 16.4. The molecule has 0 fully saturated rings. The second-order valence-corrected chi connectivity index (χ2v) is 5.91. The van der Waals surface area contributed by atoms with Crippen LogP contribution in [0.4, 0.5) is 0 Å². The quantitative estimate of drug-likeness (QED) is 0.879. The molecule has 0 saturated carbocycles. The Morgan fingerprint density at radius 3 is 2.32 bits per heavy atom. The molecule has 0 bridgehead atoms. The lowest BCUT2D eigenvalue weighted by molar-refractivity contribution is -0.137. The number of hydrogen-bond donors (Lipinski definition) is 1. The molecule has 0 spiro atoms. The third-order valence-corrected chi connectivity index (χ3v) is 3.19. The van der Waals surface area contributed by atoms with Gasteiger partial charge in [-0.2, -0.15) is 5.26 Å². The van der Waals surface area contributed by atoms with E-state index in [9.17, 15) is 4.79 Å². The summed E-state index contributed by atoms with van der Waals surface area (Å²) < 4.78 is 0. The highest BCUT2D eigenvalue weighted by Gasteiger charge is 2.14. The van der Waals surface area contributed by atoms with E-state index >= 15 is 0 Å². The highest BCUT2D eigenvalue weighted by Crippen LogP contribution is 2.23. The van der Waals surface area contributed by atoms with Crippen molar-refractivity contribution in [3.05, 3.63) is 35.4 Å². The van der Waals surface area contributed by atoms with E-state index < -0.39 is 5.97 Å². The predicted molar refractivity (Wildman–Crippen MR) is 74.8 cm³/mol. The first-order valence-electron chi connectivity index (χ1n) is 6.53. The van der Waals surface area contributed by atoms with Gasteiger partial charge in [-0.05, 0) is 29.4 Å². The first-order chi connectivity index (χ1) is 8.82. The van der Waals surface area contributed by atoms with E-state index in [-0.39, 0.29) is 17.8 Å². The summed E-state index contributed by atoms with van der Waals surface area (Å²) in [4.78, 5) is 10.5. The van der Waals surface area contributed by atoms with E-state index in [2.05, 4.69) is 39.0 Å². The van der Waals surface area contributed by atoms with Crippen molar-refractivity contribution < 1.29 is 9.90 Å². The van der Waals surface area contributed by atoms with Gasteiger partial charge in [-0.25, -0.2) is 0 Å². The van der Waals surface area contributed by atoms with E-state index in [0.29, 0.717) is 12.8 Å². The van der Waals surface area contributed by atoms with Crippen molar-refractivity contribution in [3.63, 3.8) is 0 Å². The summed E-state index contributed by atoms with van der Waals surface area (Å²) in [6.07, 6.45) is 1.08. The Hall–Kier alpha value is -1.82. The van der Waals surface area contributed by atoms with E-state index in [1.807, 2.05) is 12.1 Å². The average Bonchev–Trinajstić information content (AvgIpc) is 2.33. The maximum atomic E-state index is 10.5. The Morgan fingerprint density at radius 2 is 1.89 bits per heavy atom. The van der Waals surface area contributed by atoms with E-state index in [0.717, 1.165) is 5.56 Å². The van der Waals surface area contributed by atoms with Gasteiger partial charge < -0.3 is 5.11 Å². The molecule has 0 aliphatic carbocycles. The Morgan fingerprint density at radius 1 is 1.32 bits per heavy atom. The van der Waals surface area contributed by atoms with Crippen LogP contribution >= 0.6 is 0 Å². The summed E-state index contributed by atoms with van der Waals surface area (Å²) in [6, 6.07) is 10.4. The number of benzene rings is 1. The molecule has 102 valence electrons. The largest absolute Gasteiger partial charge is 0.481 e. The molecule has 1 N–H and O–H groups in total. The van der Waals surface area contributed by atoms with Gasteiger partial charge in [-0.15, -0.1) is 0 Å². The maximum absolute atomic E-state index is 10.5. The van der Waals surface area contributed by atoms with Gasteiger partial charge in [0, 0.05) is 6.42 Å². The molecule has 3 heteroatoms. The molecule has 1 unspecified atom stereocenters. The lowest BCUT2D eigenvalue weighted by atomic mass is 9.86. The lowest BCUT2D eigenvalue weighted by Gasteiger charge is -2.19. The molecule has 0 aliphatic rings. The topological polar surface area (TPSA) is 61.1 Å². The number of rotatable bonds is 5. The number of carbonyl (C=O) groups is 1.